The maximum atomic E-state index is 13.0. The lowest BCUT2D eigenvalue weighted by Gasteiger charge is -2.04. The zero-order valence-corrected chi connectivity index (χ0v) is 12.2. The Hall–Kier alpha value is -2.21. The average molecular weight is 307 g/mol. The van der Waals surface area contributed by atoms with Crippen molar-refractivity contribution >= 4 is 23.2 Å². The van der Waals surface area contributed by atoms with E-state index < -0.39 is 5.97 Å². The van der Waals surface area contributed by atoms with E-state index in [1.54, 1.807) is 24.3 Å². The molecule has 0 bridgehead atoms. The van der Waals surface area contributed by atoms with Crippen LogP contribution in [0.4, 0.5) is 4.39 Å². The number of hydrogen-bond donors (Lipinski definition) is 1. The molecule has 110 valence electrons. The first kappa shape index (κ1) is 15.2. The predicted octanol–water partition coefficient (Wildman–Crippen LogP) is 2.65. The van der Waals surface area contributed by atoms with E-state index in [-0.39, 0.29) is 11.7 Å². The molecule has 1 aromatic heterocycles. The molecule has 21 heavy (non-hydrogen) atoms. The minimum atomic E-state index is -0.459. The molecule has 0 spiro atoms. The van der Waals surface area contributed by atoms with Gasteiger partial charge in [0.05, 0.1) is 12.0 Å². The third-order valence-corrected chi connectivity index (χ3v) is 3.87. The van der Waals surface area contributed by atoms with Gasteiger partial charge in [-0.05, 0) is 36.2 Å². The molecule has 1 aromatic carbocycles. The second-order valence-electron chi connectivity index (χ2n) is 4.29. The van der Waals surface area contributed by atoms with Crippen molar-refractivity contribution in [2.24, 2.45) is 0 Å². The lowest BCUT2D eigenvalue weighted by Crippen LogP contribution is -2.24. The molecule has 0 saturated carbocycles. The van der Waals surface area contributed by atoms with Gasteiger partial charge in [0.25, 0.3) is 5.91 Å². The minimum Gasteiger partial charge on any atom is -0.465 e. The molecule has 0 radical (unpaired) electrons. The van der Waals surface area contributed by atoms with Crippen molar-refractivity contribution in [3.63, 3.8) is 0 Å². The fourth-order valence-corrected chi connectivity index (χ4v) is 2.61. The Morgan fingerprint density at radius 2 is 2.00 bits per heavy atom. The van der Waals surface area contributed by atoms with Crippen LogP contribution in [-0.4, -0.2) is 25.5 Å². The van der Waals surface area contributed by atoms with Crippen LogP contribution in [0.2, 0.25) is 0 Å². The molecular formula is C15H14FNO3S. The van der Waals surface area contributed by atoms with Crippen molar-refractivity contribution in [1.82, 2.24) is 5.32 Å². The van der Waals surface area contributed by atoms with E-state index in [4.69, 9.17) is 0 Å². The van der Waals surface area contributed by atoms with Gasteiger partial charge in [-0.15, -0.1) is 11.3 Å². The van der Waals surface area contributed by atoms with Crippen LogP contribution in [0.25, 0.3) is 0 Å². The third-order valence-electron chi connectivity index (χ3n) is 2.80. The number of carbonyl (C=O) groups excluding carboxylic acids is 2. The van der Waals surface area contributed by atoms with Crippen LogP contribution in [0.1, 0.15) is 24.9 Å². The second kappa shape index (κ2) is 6.99. The highest BCUT2D eigenvalue weighted by atomic mass is 32.1. The minimum absolute atomic E-state index is 0.258. The molecule has 0 fully saturated rings. The highest BCUT2D eigenvalue weighted by Crippen LogP contribution is 2.17. The van der Waals surface area contributed by atoms with E-state index in [9.17, 15) is 14.0 Å². The monoisotopic (exact) mass is 307 g/mol. The van der Waals surface area contributed by atoms with E-state index in [0.29, 0.717) is 22.7 Å². The number of benzene rings is 1. The summed E-state index contributed by atoms with van der Waals surface area (Å²) in [6.07, 6.45) is 0.540. The SMILES string of the molecule is COC(=O)c1ccc(C(=O)NCCc2cccc(F)c2)s1. The number of hydrogen-bond acceptors (Lipinski definition) is 4. The molecule has 0 aliphatic carbocycles. The van der Waals surface area contributed by atoms with E-state index in [1.807, 2.05) is 0 Å². The van der Waals surface area contributed by atoms with E-state index in [1.165, 1.54) is 19.2 Å². The zero-order valence-electron chi connectivity index (χ0n) is 11.4. The van der Waals surface area contributed by atoms with Gasteiger partial charge >= 0.3 is 5.97 Å². The summed E-state index contributed by atoms with van der Waals surface area (Å²) in [6.45, 7) is 0.397. The first-order valence-electron chi connectivity index (χ1n) is 6.31. The van der Waals surface area contributed by atoms with Gasteiger partial charge in [-0.3, -0.25) is 4.79 Å². The molecule has 2 aromatic rings. The van der Waals surface area contributed by atoms with Gasteiger partial charge < -0.3 is 10.1 Å². The molecule has 0 unspecified atom stereocenters. The first-order valence-corrected chi connectivity index (χ1v) is 7.12. The highest BCUT2D eigenvalue weighted by Gasteiger charge is 2.13. The molecule has 2 rings (SSSR count). The summed E-state index contributed by atoms with van der Waals surface area (Å²) in [7, 11) is 1.29. The molecule has 1 amide bonds. The largest absolute Gasteiger partial charge is 0.465 e. The van der Waals surface area contributed by atoms with Crippen LogP contribution >= 0.6 is 11.3 Å². The maximum Gasteiger partial charge on any atom is 0.348 e. The average Bonchev–Trinajstić information content (AvgIpc) is 2.96. The standard InChI is InChI=1S/C15H14FNO3S/c1-20-15(19)13-6-5-12(21-13)14(18)17-8-7-10-3-2-4-11(16)9-10/h2-6,9H,7-8H2,1H3,(H,17,18). The van der Waals surface area contributed by atoms with Gasteiger partial charge in [0, 0.05) is 6.54 Å². The molecule has 4 nitrogen and oxygen atoms in total. The van der Waals surface area contributed by atoms with E-state index >= 15 is 0 Å². The van der Waals surface area contributed by atoms with Crippen LogP contribution in [0.15, 0.2) is 36.4 Å². The number of ether oxygens (including phenoxy) is 1. The summed E-state index contributed by atoms with van der Waals surface area (Å²) in [5, 5.41) is 2.73. The van der Waals surface area contributed by atoms with Crippen molar-refractivity contribution in [2.75, 3.05) is 13.7 Å². The Morgan fingerprint density at radius 3 is 2.71 bits per heavy atom. The van der Waals surface area contributed by atoms with Crippen LogP contribution in [0.3, 0.4) is 0 Å². The summed E-state index contributed by atoms with van der Waals surface area (Å²) in [4.78, 5) is 24.0. The van der Waals surface area contributed by atoms with Crippen molar-refractivity contribution in [3.8, 4) is 0 Å². The normalized spacial score (nSPS) is 10.2. The van der Waals surface area contributed by atoms with E-state index in [2.05, 4.69) is 10.1 Å². The molecule has 1 N–H and O–H groups in total. The quantitative estimate of drug-likeness (QED) is 0.864. The number of nitrogens with one attached hydrogen (secondary N) is 1. The summed E-state index contributed by atoms with van der Waals surface area (Å²) in [6, 6.07) is 9.38. The van der Waals surface area contributed by atoms with Gasteiger partial charge in [-0.1, -0.05) is 12.1 Å². The number of rotatable bonds is 5. The fraction of sp³-hybridized carbons (Fsp3) is 0.200. The lowest BCUT2D eigenvalue weighted by molar-refractivity contribution is 0.0606. The molecule has 0 aliphatic rings. The third kappa shape index (κ3) is 4.13. The van der Waals surface area contributed by atoms with Gasteiger partial charge in [0.2, 0.25) is 0 Å². The summed E-state index contributed by atoms with van der Waals surface area (Å²) < 4.78 is 17.6. The van der Waals surface area contributed by atoms with Gasteiger partial charge in [-0.25, -0.2) is 9.18 Å². The number of methoxy groups -OCH3 is 1. The number of thiophene rings is 1. The second-order valence-corrected chi connectivity index (χ2v) is 5.38. The summed E-state index contributed by atoms with van der Waals surface area (Å²) >= 11 is 1.08. The molecular weight excluding hydrogens is 293 g/mol. The Bertz CT molecular complexity index is 654. The number of halogens is 1. The molecule has 6 heteroatoms. The van der Waals surface area contributed by atoms with E-state index in [0.717, 1.165) is 16.9 Å². The van der Waals surface area contributed by atoms with Gasteiger partial charge in [0.1, 0.15) is 10.7 Å². The molecule has 1 heterocycles. The Morgan fingerprint density at radius 1 is 1.24 bits per heavy atom. The summed E-state index contributed by atoms with van der Waals surface area (Å²) in [5.41, 5.74) is 0.816. The van der Waals surface area contributed by atoms with Crippen LogP contribution < -0.4 is 5.32 Å². The fourth-order valence-electron chi connectivity index (χ4n) is 1.77. The first-order chi connectivity index (χ1) is 10.1. The van der Waals surface area contributed by atoms with Crippen molar-refractivity contribution in [2.45, 2.75) is 6.42 Å². The molecule has 0 aliphatic heterocycles. The van der Waals surface area contributed by atoms with Gasteiger partial charge in [-0.2, -0.15) is 0 Å². The summed E-state index contributed by atoms with van der Waals surface area (Å²) in [5.74, 6) is -1.01. The lowest BCUT2D eigenvalue weighted by atomic mass is 10.1. The van der Waals surface area contributed by atoms with Crippen LogP contribution in [0, 0.1) is 5.82 Å². The van der Waals surface area contributed by atoms with Crippen molar-refractivity contribution in [3.05, 3.63) is 57.5 Å². The van der Waals surface area contributed by atoms with Crippen molar-refractivity contribution in [1.29, 1.82) is 0 Å². The number of carbonyl (C=O) groups is 2. The zero-order chi connectivity index (χ0) is 15.2. The molecule has 0 atom stereocenters. The molecule has 0 saturated heterocycles. The van der Waals surface area contributed by atoms with Gasteiger partial charge in [0.15, 0.2) is 0 Å². The van der Waals surface area contributed by atoms with Crippen LogP contribution in [0.5, 0.6) is 0 Å². The highest BCUT2D eigenvalue weighted by molar-refractivity contribution is 7.15. The van der Waals surface area contributed by atoms with Crippen molar-refractivity contribution < 1.29 is 18.7 Å². The van der Waals surface area contributed by atoms with Crippen LogP contribution in [-0.2, 0) is 11.2 Å². The topological polar surface area (TPSA) is 55.4 Å². The Kier molecular flexibility index (Phi) is 5.05. The predicted molar refractivity (Wildman–Crippen MR) is 78.1 cm³/mol. The smallest absolute Gasteiger partial charge is 0.348 e. The Balaban J connectivity index is 1.87. The maximum absolute atomic E-state index is 13.0. The Labute approximate surface area is 125 Å². The number of amides is 1. The number of esters is 1.